The van der Waals surface area contributed by atoms with Gasteiger partial charge in [0, 0.05) is 6.61 Å². The Morgan fingerprint density at radius 3 is 1.94 bits per heavy atom. The maximum Gasteiger partial charge on any atom is 0.0810 e. The van der Waals surface area contributed by atoms with Crippen LogP contribution in [0.3, 0.4) is 0 Å². The lowest BCUT2D eigenvalue weighted by molar-refractivity contribution is 0.283. The fraction of sp³-hybridized carbons (Fsp3) is 1.00. The van der Waals surface area contributed by atoms with Crippen molar-refractivity contribution in [3.05, 3.63) is 0 Å². The molecule has 1 aliphatic heterocycles. The van der Waals surface area contributed by atoms with Crippen LogP contribution in [0.25, 0.3) is 0 Å². The second-order valence-corrected chi connectivity index (χ2v) is 4.59. The summed E-state index contributed by atoms with van der Waals surface area (Å²) in [5.41, 5.74) is 0. The highest BCUT2D eigenvalue weighted by atomic mass is 16.6. The fourth-order valence-corrected chi connectivity index (χ4v) is 1.57. The Balaban J connectivity index is 0.000000293. The number of epoxide rings is 1. The SMILES string of the molecule is CCCCCCC1CO1.CCCCCCO. The van der Waals surface area contributed by atoms with E-state index in [0.717, 1.165) is 13.0 Å². The monoisotopic (exact) mass is 230 g/mol. The maximum atomic E-state index is 8.29. The average Bonchev–Trinajstić information content (AvgIpc) is 3.10. The van der Waals surface area contributed by atoms with E-state index < -0.39 is 0 Å². The van der Waals surface area contributed by atoms with Crippen molar-refractivity contribution in [1.82, 2.24) is 0 Å². The van der Waals surface area contributed by atoms with Crippen molar-refractivity contribution < 1.29 is 9.84 Å². The van der Waals surface area contributed by atoms with Gasteiger partial charge in [0.15, 0.2) is 0 Å². The van der Waals surface area contributed by atoms with Crippen LogP contribution in [0.2, 0.25) is 0 Å². The van der Waals surface area contributed by atoms with E-state index in [-0.39, 0.29) is 0 Å². The second kappa shape index (κ2) is 13.0. The lowest BCUT2D eigenvalue weighted by atomic mass is 10.1. The molecule has 2 nitrogen and oxygen atoms in total. The van der Waals surface area contributed by atoms with Gasteiger partial charge in [0.05, 0.1) is 12.7 Å². The van der Waals surface area contributed by atoms with E-state index in [9.17, 15) is 0 Å². The predicted octanol–water partition coefficient (Wildman–Crippen LogP) is 3.91. The summed E-state index contributed by atoms with van der Waals surface area (Å²) in [6.07, 6.45) is 12.1. The summed E-state index contributed by atoms with van der Waals surface area (Å²) in [6, 6.07) is 0. The van der Waals surface area contributed by atoms with E-state index in [1.165, 1.54) is 51.4 Å². The highest BCUT2D eigenvalue weighted by Gasteiger charge is 2.20. The number of unbranched alkanes of at least 4 members (excludes halogenated alkanes) is 6. The molecule has 1 saturated heterocycles. The molecule has 1 rings (SSSR count). The van der Waals surface area contributed by atoms with Crippen LogP contribution in [0.15, 0.2) is 0 Å². The molecule has 1 atom stereocenters. The van der Waals surface area contributed by atoms with Crippen LogP contribution in [-0.2, 0) is 4.74 Å². The van der Waals surface area contributed by atoms with Gasteiger partial charge in [-0.1, -0.05) is 58.8 Å². The number of rotatable bonds is 9. The molecule has 1 N–H and O–H groups in total. The molecule has 1 aliphatic rings. The van der Waals surface area contributed by atoms with Gasteiger partial charge >= 0.3 is 0 Å². The highest BCUT2D eigenvalue weighted by Crippen LogP contribution is 2.17. The molecule has 0 aromatic carbocycles. The third-order valence-electron chi connectivity index (χ3n) is 2.79. The van der Waals surface area contributed by atoms with Gasteiger partial charge in [-0.05, 0) is 12.8 Å². The van der Waals surface area contributed by atoms with Gasteiger partial charge < -0.3 is 9.84 Å². The molecule has 1 unspecified atom stereocenters. The first kappa shape index (κ1) is 15.9. The largest absolute Gasteiger partial charge is 0.396 e. The molecule has 0 aromatic heterocycles. The smallest absolute Gasteiger partial charge is 0.0810 e. The van der Waals surface area contributed by atoms with Crippen LogP contribution in [0.4, 0.5) is 0 Å². The Morgan fingerprint density at radius 2 is 1.50 bits per heavy atom. The molecular formula is C14H30O2. The fourth-order valence-electron chi connectivity index (χ4n) is 1.57. The third kappa shape index (κ3) is 13.9. The van der Waals surface area contributed by atoms with Crippen LogP contribution in [0.5, 0.6) is 0 Å². The van der Waals surface area contributed by atoms with E-state index in [2.05, 4.69) is 13.8 Å². The van der Waals surface area contributed by atoms with Crippen molar-refractivity contribution in [3.8, 4) is 0 Å². The number of aliphatic hydroxyl groups excluding tert-OH is 1. The third-order valence-corrected chi connectivity index (χ3v) is 2.79. The van der Waals surface area contributed by atoms with Crippen LogP contribution in [0, 0.1) is 0 Å². The zero-order valence-corrected chi connectivity index (χ0v) is 11.2. The number of aliphatic hydroxyl groups is 1. The Labute approximate surface area is 101 Å². The van der Waals surface area contributed by atoms with Crippen molar-refractivity contribution in [2.24, 2.45) is 0 Å². The van der Waals surface area contributed by atoms with E-state index in [1.54, 1.807) is 0 Å². The molecule has 0 amide bonds. The summed E-state index contributed by atoms with van der Waals surface area (Å²) < 4.78 is 5.09. The lowest BCUT2D eigenvalue weighted by Gasteiger charge is -1.93. The van der Waals surface area contributed by atoms with Crippen molar-refractivity contribution >= 4 is 0 Å². The summed E-state index contributed by atoms with van der Waals surface area (Å²) in [4.78, 5) is 0. The van der Waals surface area contributed by atoms with Gasteiger partial charge in [-0.3, -0.25) is 0 Å². The predicted molar refractivity (Wildman–Crippen MR) is 69.7 cm³/mol. The molecule has 0 aliphatic carbocycles. The zero-order chi connectivity index (χ0) is 12.1. The highest BCUT2D eigenvalue weighted by molar-refractivity contribution is 4.67. The molecule has 0 bridgehead atoms. The standard InChI is InChI=1S/C8H16O.C6H14O/c1-2-3-4-5-6-8-7-9-8;1-2-3-4-5-6-7/h8H,2-7H2,1H3;7H,2-6H2,1H3. The molecule has 0 spiro atoms. The molecule has 0 radical (unpaired) electrons. The van der Waals surface area contributed by atoms with Gasteiger partial charge in [0.1, 0.15) is 0 Å². The molecular weight excluding hydrogens is 200 g/mol. The second-order valence-electron chi connectivity index (χ2n) is 4.59. The Bertz CT molecular complexity index is 118. The average molecular weight is 230 g/mol. The Hall–Kier alpha value is -0.0800. The number of ether oxygens (including phenoxy) is 1. The van der Waals surface area contributed by atoms with E-state index in [0.29, 0.717) is 12.7 Å². The summed E-state index contributed by atoms with van der Waals surface area (Å²) in [5, 5.41) is 8.29. The normalized spacial score (nSPS) is 17.8. The number of hydrogen-bond acceptors (Lipinski definition) is 2. The minimum atomic E-state index is 0.361. The van der Waals surface area contributed by atoms with Crippen LogP contribution in [0.1, 0.15) is 71.6 Å². The maximum absolute atomic E-state index is 8.29. The molecule has 1 heterocycles. The molecule has 1 fully saturated rings. The molecule has 2 heteroatoms. The van der Waals surface area contributed by atoms with E-state index in [4.69, 9.17) is 9.84 Å². The number of hydrogen-bond donors (Lipinski definition) is 1. The molecule has 0 aromatic rings. The summed E-state index contributed by atoms with van der Waals surface area (Å²) in [6.45, 7) is 5.80. The van der Waals surface area contributed by atoms with E-state index in [1.807, 2.05) is 0 Å². The Kier molecular flexibility index (Phi) is 12.9. The summed E-state index contributed by atoms with van der Waals surface area (Å²) in [7, 11) is 0. The van der Waals surface area contributed by atoms with Gasteiger partial charge in [-0.2, -0.15) is 0 Å². The summed E-state index contributed by atoms with van der Waals surface area (Å²) >= 11 is 0. The summed E-state index contributed by atoms with van der Waals surface area (Å²) in [5.74, 6) is 0. The minimum absolute atomic E-state index is 0.361. The van der Waals surface area contributed by atoms with Crippen molar-refractivity contribution in [2.45, 2.75) is 77.7 Å². The lowest BCUT2D eigenvalue weighted by Crippen LogP contribution is -1.84. The van der Waals surface area contributed by atoms with Crippen molar-refractivity contribution in [1.29, 1.82) is 0 Å². The van der Waals surface area contributed by atoms with Crippen LogP contribution < -0.4 is 0 Å². The first-order valence-electron chi connectivity index (χ1n) is 7.07. The Morgan fingerprint density at radius 1 is 0.938 bits per heavy atom. The first-order valence-corrected chi connectivity index (χ1v) is 7.07. The minimum Gasteiger partial charge on any atom is -0.396 e. The van der Waals surface area contributed by atoms with Gasteiger partial charge in [-0.15, -0.1) is 0 Å². The first-order chi connectivity index (χ1) is 7.85. The van der Waals surface area contributed by atoms with Gasteiger partial charge in [0.25, 0.3) is 0 Å². The van der Waals surface area contributed by atoms with Crippen molar-refractivity contribution in [2.75, 3.05) is 13.2 Å². The van der Waals surface area contributed by atoms with Crippen LogP contribution in [-0.4, -0.2) is 24.4 Å². The zero-order valence-electron chi connectivity index (χ0n) is 11.2. The van der Waals surface area contributed by atoms with Gasteiger partial charge in [-0.25, -0.2) is 0 Å². The molecule has 0 saturated carbocycles. The topological polar surface area (TPSA) is 32.8 Å². The van der Waals surface area contributed by atoms with E-state index >= 15 is 0 Å². The quantitative estimate of drug-likeness (QED) is 0.481. The van der Waals surface area contributed by atoms with Gasteiger partial charge in [0.2, 0.25) is 0 Å². The van der Waals surface area contributed by atoms with Crippen molar-refractivity contribution in [3.63, 3.8) is 0 Å². The molecule has 98 valence electrons. The van der Waals surface area contributed by atoms with Crippen LogP contribution >= 0.6 is 0 Å². The molecule has 16 heavy (non-hydrogen) atoms.